The number of aliphatic hydroxyl groups excluding tert-OH is 1. The molecule has 0 aliphatic heterocycles. The zero-order chi connectivity index (χ0) is 34.0. The third kappa shape index (κ3) is 21.2. The molecule has 0 saturated heterocycles. The number of hydrogen-bond acceptors (Lipinski definition) is 11. The van der Waals surface area contributed by atoms with Crippen LogP contribution in [-0.4, -0.2) is 87.8 Å². The second kappa shape index (κ2) is 26.0. The summed E-state index contributed by atoms with van der Waals surface area (Å²) in [5.74, 6) is -2.40. The van der Waals surface area contributed by atoms with Gasteiger partial charge < -0.3 is 34.1 Å². The van der Waals surface area contributed by atoms with E-state index < -0.39 is 36.7 Å². The van der Waals surface area contributed by atoms with E-state index in [0.29, 0.717) is 51.6 Å². The molecule has 11 nitrogen and oxygen atoms in total. The SMILES string of the molecule is C=CC(=C)CCC(C)C(=O)OCC(COC)OC(=O)CCCNCCCC(=O)OC(CO)COC(=O)C(C)CC/C(C=C)=C/C. The van der Waals surface area contributed by atoms with Crippen molar-refractivity contribution in [3.8, 4) is 0 Å². The van der Waals surface area contributed by atoms with Crippen molar-refractivity contribution < 1.29 is 48.0 Å². The van der Waals surface area contributed by atoms with Gasteiger partial charge >= 0.3 is 23.9 Å². The smallest absolute Gasteiger partial charge is 0.308 e. The summed E-state index contributed by atoms with van der Waals surface area (Å²) in [4.78, 5) is 48.9. The molecule has 0 heterocycles. The lowest BCUT2D eigenvalue weighted by Gasteiger charge is -2.19. The van der Waals surface area contributed by atoms with Crippen molar-refractivity contribution in [1.29, 1.82) is 0 Å². The quantitative estimate of drug-likeness (QED) is 0.0572. The fourth-order valence-electron chi connectivity index (χ4n) is 3.88. The Bertz CT molecular complexity index is 961. The molecule has 0 aliphatic carbocycles. The van der Waals surface area contributed by atoms with Gasteiger partial charge in [0.15, 0.2) is 12.2 Å². The predicted molar refractivity (Wildman–Crippen MR) is 172 cm³/mol. The topological polar surface area (TPSA) is 147 Å². The van der Waals surface area contributed by atoms with Crippen LogP contribution < -0.4 is 5.32 Å². The van der Waals surface area contributed by atoms with Gasteiger partial charge in [0, 0.05) is 20.0 Å². The van der Waals surface area contributed by atoms with Gasteiger partial charge in [-0.3, -0.25) is 19.2 Å². The normalized spacial score (nSPS) is 13.9. The second-order valence-corrected chi connectivity index (χ2v) is 10.9. The minimum absolute atomic E-state index is 0.0913. The summed E-state index contributed by atoms with van der Waals surface area (Å²) in [7, 11) is 1.47. The third-order valence-corrected chi connectivity index (χ3v) is 6.94. The number of rotatable bonds is 27. The number of aliphatic hydroxyl groups is 1. The summed E-state index contributed by atoms with van der Waals surface area (Å²) >= 11 is 0. The second-order valence-electron chi connectivity index (χ2n) is 10.9. The Labute approximate surface area is 269 Å². The van der Waals surface area contributed by atoms with Gasteiger partial charge in [0.25, 0.3) is 0 Å². The minimum atomic E-state index is -0.927. The van der Waals surface area contributed by atoms with E-state index in [-0.39, 0.29) is 50.5 Å². The Balaban J connectivity index is 4.18. The van der Waals surface area contributed by atoms with Crippen LogP contribution in [0.1, 0.15) is 72.1 Å². The van der Waals surface area contributed by atoms with Gasteiger partial charge in [0.1, 0.15) is 13.2 Å². The lowest BCUT2D eigenvalue weighted by molar-refractivity contribution is -0.164. The molecule has 0 saturated carbocycles. The van der Waals surface area contributed by atoms with Crippen molar-refractivity contribution >= 4 is 23.9 Å². The first-order chi connectivity index (χ1) is 21.5. The average molecular weight is 638 g/mol. The van der Waals surface area contributed by atoms with Crippen LogP contribution in [0.15, 0.2) is 49.1 Å². The molecule has 0 bridgehead atoms. The molecule has 4 atom stereocenters. The van der Waals surface area contributed by atoms with E-state index in [9.17, 15) is 24.3 Å². The number of esters is 4. The molecule has 2 N–H and O–H groups in total. The number of carbonyl (C=O) groups excluding carboxylic acids is 4. The van der Waals surface area contributed by atoms with Crippen LogP contribution in [0.5, 0.6) is 0 Å². The fraction of sp³-hybridized carbons (Fsp3) is 0.647. The average Bonchev–Trinajstić information content (AvgIpc) is 3.03. The lowest BCUT2D eigenvalue weighted by atomic mass is 10.0. The highest BCUT2D eigenvalue weighted by Crippen LogP contribution is 2.15. The van der Waals surface area contributed by atoms with E-state index in [2.05, 4.69) is 25.1 Å². The molecule has 0 spiro atoms. The van der Waals surface area contributed by atoms with E-state index in [4.69, 9.17) is 23.7 Å². The first-order valence-corrected chi connectivity index (χ1v) is 15.6. The number of hydrogen-bond donors (Lipinski definition) is 2. The maximum atomic E-state index is 12.3. The Hall–Kier alpha value is -3.28. The standard InChI is InChI=1S/C34H55NO10/c1-8-25(4)15-16-26(5)33(39)43-24-30(22-41-7)45-32(38)14-12-20-35-19-11-13-31(37)44-29(21-36)23-42-34(40)27(6)17-18-28(9-2)10-3/h8-10,26-27,29-30,35-36H,1-2,4,11-24H2,3,5-7H3/b28-10+. The summed E-state index contributed by atoms with van der Waals surface area (Å²) in [6.45, 7) is 17.0. The van der Waals surface area contributed by atoms with E-state index in [1.54, 1.807) is 26.0 Å². The maximum absolute atomic E-state index is 12.3. The van der Waals surface area contributed by atoms with Crippen LogP contribution in [0, 0.1) is 11.8 Å². The van der Waals surface area contributed by atoms with E-state index in [0.717, 1.165) is 11.1 Å². The van der Waals surface area contributed by atoms with Crippen LogP contribution >= 0.6 is 0 Å². The number of allylic oxidation sites excluding steroid dienone is 5. The molecule has 0 aromatic carbocycles. The number of nitrogens with one attached hydrogen (secondary N) is 1. The van der Waals surface area contributed by atoms with Gasteiger partial charge in [-0.2, -0.15) is 0 Å². The van der Waals surface area contributed by atoms with Crippen LogP contribution in [0.3, 0.4) is 0 Å². The predicted octanol–water partition coefficient (Wildman–Crippen LogP) is 4.39. The fourth-order valence-corrected chi connectivity index (χ4v) is 3.88. The van der Waals surface area contributed by atoms with Gasteiger partial charge in [0.2, 0.25) is 0 Å². The van der Waals surface area contributed by atoms with Gasteiger partial charge in [0.05, 0.1) is 25.0 Å². The molecule has 0 amide bonds. The Morgan fingerprint density at radius 3 is 1.76 bits per heavy atom. The van der Waals surface area contributed by atoms with Gasteiger partial charge in [-0.15, -0.1) is 0 Å². The van der Waals surface area contributed by atoms with Crippen molar-refractivity contribution in [2.45, 2.75) is 84.3 Å². The summed E-state index contributed by atoms with van der Waals surface area (Å²) in [6, 6.07) is 0. The first-order valence-electron chi connectivity index (χ1n) is 15.6. The monoisotopic (exact) mass is 637 g/mol. The summed E-state index contributed by atoms with van der Waals surface area (Å²) in [5.41, 5.74) is 1.90. The maximum Gasteiger partial charge on any atom is 0.308 e. The van der Waals surface area contributed by atoms with Crippen molar-refractivity contribution in [3.63, 3.8) is 0 Å². The van der Waals surface area contributed by atoms with Gasteiger partial charge in [-0.05, 0) is 58.5 Å². The first kappa shape index (κ1) is 41.7. The van der Waals surface area contributed by atoms with Gasteiger partial charge in [-0.25, -0.2) is 0 Å². The number of carbonyl (C=O) groups is 4. The summed E-state index contributed by atoms with van der Waals surface area (Å²) < 4.78 is 26.3. The summed E-state index contributed by atoms with van der Waals surface area (Å²) in [6.07, 6.45) is 7.51. The van der Waals surface area contributed by atoms with Crippen LogP contribution in [-0.2, 0) is 42.9 Å². The van der Waals surface area contributed by atoms with Crippen LogP contribution in [0.4, 0.5) is 0 Å². The molecular weight excluding hydrogens is 582 g/mol. The third-order valence-electron chi connectivity index (χ3n) is 6.94. The Morgan fingerprint density at radius 2 is 1.29 bits per heavy atom. The highest BCUT2D eigenvalue weighted by Gasteiger charge is 2.21. The molecule has 0 aromatic rings. The molecule has 0 aromatic heterocycles. The zero-order valence-electron chi connectivity index (χ0n) is 27.7. The van der Waals surface area contributed by atoms with E-state index in [1.807, 2.05) is 13.0 Å². The summed E-state index contributed by atoms with van der Waals surface area (Å²) in [5, 5.41) is 12.7. The zero-order valence-corrected chi connectivity index (χ0v) is 27.7. The van der Waals surface area contributed by atoms with Crippen molar-refractivity contribution in [2.75, 3.05) is 46.6 Å². The van der Waals surface area contributed by atoms with Crippen molar-refractivity contribution in [2.24, 2.45) is 11.8 Å². The Morgan fingerprint density at radius 1 is 0.778 bits per heavy atom. The molecule has 0 fully saturated rings. The molecule has 0 rings (SSSR count). The van der Waals surface area contributed by atoms with Crippen molar-refractivity contribution in [1.82, 2.24) is 5.32 Å². The number of ether oxygens (including phenoxy) is 5. The molecular formula is C34H55NO10. The largest absolute Gasteiger partial charge is 0.461 e. The van der Waals surface area contributed by atoms with Crippen molar-refractivity contribution in [3.05, 3.63) is 49.1 Å². The Kier molecular flexibility index (Phi) is 24.1. The van der Waals surface area contributed by atoms with Gasteiger partial charge in [-0.1, -0.05) is 63.0 Å². The molecule has 256 valence electrons. The highest BCUT2D eigenvalue weighted by molar-refractivity contribution is 5.73. The number of methoxy groups -OCH3 is 1. The lowest BCUT2D eigenvalue weighted by Crippen LogP contribution is -2.31. The molecule has 45 heavy (non-hydrogen) atoms. The molecule has 0 radical (unpaired) electrons. The van der Waals surface area contributed by atoms with Crippen LogP contribution in [0.2, 0.25) is 0 Å². The van der Waals surface area contributed by atoms with Crippen LogP contribution in [0.25, 0.3) is 0 Å². The highest BCUT2D eigenvalue weighted by atomic mass is 16.6. The van der Waals surface area contributed by atoms with E-state index in [1.165, 1.54) is 7.11 Å². The van der Waals surface area contributed by atoms with E-state index >= 15 is 0 Å². The minimum Gasteiger partial charge on any atom is -0.461 e. The molecule has 4 unspecified atom stereocenters. The molecule has 11 heteroatoms. The molecule has 0 aliphatic rings.